The van der Waals surface area contributed by atoms with Gasteiger partial charge in [-0.1, -0.05) is 6.42 Å². The Morgan fingerprint density at radius 2 is 2.25 bits per heavy atom. The monoisotopic (exact) mass is 342 g/mol. The number of thiazole rings is 1. The SMILES string of the molecule is Cn1cc(-c2nc(CN3CCCC[C@@H]3Cn3cccn3)cs2)cn1. The summed E-state index contributed by atoms with van der Waals surface area (Å²) in [7, 11) is 1.94. The van der Waals surface area contributed by atoms with Gasteiger partial charge in [0.1, 0.15) is 5.01 Å². The second-order valence-corrected chi connectivity index (χ2v) is 7.25. The van der Waals surface area contributed by atoms with Crippen LogP contribution in [0.5, 0.6) is 0 Å². The number of likely N-dealkylation sites (tertiary alicyclic amines) is 1. The molecule has 0 aromatic carbocycles. The maximum atomic E-state index is 4.82. The predicted octanol–water partition coefficient (Wildman–Crippen LogP) is 2.79. The summed E-state index contributed by atoms with van der Waals surface area (Å²) in [5, 5.41) is 11.8. The van der Waals surface area contributed by atoms with Crippen LogP contribution in [0.4, 0.5) is 0 Å². The van der Waals surface area contributed by atoms with E-state index in [1.54, 1.807) is 11.3 Å². The molecule has 4 rings (SSSR count). The quantitative estimate of drug-likeness (QED) is 0.715. The van der Waals surface area contributed by atoms with Crippen LogP contribution in [0.3, 0.4) is 0 Å². The highest BCUT2D eigenvalue weighted by Crippen LogP contribution is 2.26. The van der Waals surface area contributed by atoms with E-state index < -0.39 is 0 Å². The highest BCUT2D eigenvalue weighted by atomic mass is 32.1. The fourth-order valence-corrected chi connectivity index (χ4v) is 4.14. The molecule has 1 saturated heterocycles. The molecule has 0 spiro atoms. The molecule has 7 heteroatoms. The highest BCUT2D eigenvalue weighted by Gasteiger charge is 2.23. The Morgan fingerprint density at radius 3 is 3.04 bits per heavy atom. The van der Waals surface area contributed by atoms with Crippen LogP contribution in [-0.4, -0.2) is 42.0 Å². The van der Waals surface area contributed by atoms with Gasteiger partial charge in [-0.25, -0.2) is 4.98 Å². The van der Waals surface area contributed by atoms with Crippen molar-refractivity contribution < 1.29 is 0 Å². The average Bonchev–Trinajstić information content (AvgIpc) is 3.31. The second-order valence-electron chi connectivity index (χ2n) is 6.39. The van der Waals surface area contributed by atoms with Crippen LogP contribution >= 0.6 is 11.3 Å². The molecule has 0 N–H and O–H groups in total. The summed E-state index contributed by atoms with van der Waals surface area (Å²) >= 11 is 1.70. The molecule has 3 aromatic heterocycles. The number of rotatable bonds is 5. The van der Waals surface area contributed by atoms with Crippen molar-refractivity contribution in [2.75, 3.05) is 6.54 Å². The first-order chi connectivity index (χ1) is 11.8. The molecule has 0 unspecified atom stereocenters. The summed E-state index contributed by atoms with van der Waals surface area (Å²) < 4.78 is 3.87. The van der Waals surface area contributed by atoms with Crippen LogP contribution in [0, 0.1) is 0 Å². The zero-order valence-corrected chi connectivity index (χ0v) is 14.7. The van der Waals surface area contributed by atoms with Crippen molar-refractivity contribution in [2.45, 2.75) is 38.4 Å². The van der Waals surface area contributed by atoms with Crippen molar-refractivity contribution in [3.63, 3.8) is 0 Å². The minimum absolute atomic E-state index is 0.544. The molecular weight excluding hydrogens is 320 g/mol. The Morgan fingerprint density at radius 1 is 1.29 bits per heavy atom. The molecule has 6 nitrogen and oxygen atoms in total. The van der Waals surface area contributed by atoms with Gasteiger partial charge in [-0.15, -0.1) is 11.3 Å². The summed E-state index contributed by atoms with van der Waals surface area (Å²) in [4.78, 5) is 7.38. The molecule has 1 fully saturated rings. The second kappa shape index (κ2) is 6.86. The number of hydrogen-bond acceptors (Lipinski definition) is 5. The van der Waals surface area contributed by atoms with Crippen LogP contribution < -0.4 is 0 Å². The first-order valence-electron chi connectivity index (χ1n) is 8.43. The van der Waals surface area contributed by atoms with Gasteiger partial charge in [0, 0.05) is 49.2 Å². The van der Waals surface area contributed by atoms with Gasteiger partial charge >= 0.3 is 0 Å². The molecule has 126 valence electrons. The topological polar surface area (TPSA) is 51.8 Å². The zero-order valence-electron chi connectivity index (χ0n) is 13.9. The lowest BCUT2D eigenvalue weighted by Gasteiger charge is -2.35. The molecule has 0 bridgehead atoms. The number of piperidine rings is 1. The third kappa shape index (κ3) is 3.42. The van der Waals surface area contributed by atoms with E-state index in [1.165, 1.54) is 19.3 Å². The van der Waals surface area contributed by atoms with Crippen LogP contribution in [0.25, 0.3) is 10.6 Å². The third-order valence-electron chi connectivity index (χ3n) is 4.57. The van der Waals surface area contributed by atoms with Crippen LogP contribution in [0.15, 0.2) is 36.2 Å². The fourth-order valence-electron chi connectivity index (χ4n) is 3.35. The third-order valence-corrected chi connectivity index (χ3v) is 5.51. The summed E-state index contributed by atoms with van der Waals surface area (Å²) in [6, 6.07) is 2.54. The Balaban J connectivity index is 1.45. The normalized spacial score (nSPS) is 19.0. The summed E-state index contributed by atoms with van der Waals surface area (Å²) in [6.45, 7) is 3.03. The molecule has 3 aromatic rings. The number of aryl methyl sites for hydroxylation is 1. The smallest absolute Gasteiger partial charge is 0.126 e. The summed E-state index contributed by atoms with van der Waals surface area (Å²) in [6.07, 6.45) is 11.6. The van der Waals surface area contributed by atoms with E-state index in [2.05, 4.69) is 26.7 Å². The Hall–Kier alpha value is -1.99. The summed E-state index contributed by atoms with van der Waals surface area (Å²) in [5.41, 5.74) is 2.26. The lowest BCUT2D eigenvalue weighted by atomic mass is 10.0. The maximum absolute atomic E-state index is 4.82. The van der Waals surface area contributed by atoms with E-state index in [0.29, 0.717) is 6.04 Å². The van der Waals surface area contributed by atoms with Crippen molar-refractivity contribution in [3.8, 4) is 10.6 Å². The Bertz CT molecular complexity index is 775. The van der Waals surface area contributed by atoms with E-state index >= 15 is 0 Å². The molecule has 1 atom stereocenters. The van der Waals surface area contributed by atoms with Gasteiger partial charge in [0.2, 0.25) is 0 Å². The number of aromatic nitrogens is 5. The maximum Gasteiger partial charge on any atom is 0.126 e. The Kier molecular flexibility index (Phi) is 4.44. The van der Waals surface area contributed by atoms with Crippen molar-refractivity contribution in [2.24, 2.45) is 7.05 Å². The van der Waals surface area contributed by atoms with Crippen molar-refractivity contribution in [1.82, 2.24) is 29.4 Å². The first-order valence-corrected chi connectivity index (χ1v) is 9.31. The van der Waals surface area contributed by atoms with Crippen LogP contribution in [-0.2, 0) is 20.1 Å². The molecule has 4 heterocycles. The number of nitrogens with zero attached hydrogens (tertiary/aromatic N) is 6. The minimum Gasteiger partial charge on any atom is -0.293 e. The molecule has 0 radical (unpaired) electrons. The molecule has 0 amide bonds. The molecule has 1 aliphatic heterocycles. The highest BCUT2D eigenvalue weighted by molar-refractivity contribution is 7.13. The van der Waals surface area contributed by atoms with E-state index in [1.807, 2.05) is 41.1 Å². The molecular formula is C17H22N6S. The van der Waals surface area contributed by atoms with Gasteiger partial charge in [0.05, 0.1) is 18.4 Å². The molecule has 24 heavy (non-hydrogen) atoms. The lowest BCUT2D eigenvalue weighted by Crippen LogP contribution is -2.41. The van der Waals surface area contributed by atoms with Crippen molar-refractivity contribution in [3.05, 3.63) is 41.9 Å². The molecule has 0 saturated carbocycles. The van der Waals surface area contributed by atoms with E-state index in [9.17, 15) is 0 Å². The van der Waals surface area contributed by atoms with Crippen LogP contribution in [0.1, 0.15) is 25.0 Å². The summed E-state index contributed by atoms with van der Waals surface area (Å²) in [5.74, 6) is 0. The van der Waals surface area contributed by atoms with Gasteiger partial charge in [0.25, 0.3) is 0 Å². The standard InChI is InChI=1S/C17H22N6S/c1-21-10-14(9-19-21)17-20-15(13-24-17)11-22-7-3-2-5-16(22)12-23-8-4-6-18-23/h4,6,8-10,13,16H,2-3,5,7,11-12H2,1H3/t16-/m1/s1. The zero-order chi connectivity index (χ0) is 16.4. The van der Waals surface area contributed by atoms with E-state index in [4.69, 9.17) is 4.98 Å². The van der Waals surface area contributed by atoms with Crippen LogP contribution in [0.2, 0.25) is 0 Å². The van der Waals surface area contributed by atoms with Gasteiger partial charge in [-0.3, -0.25) is 14.3 Å². The van der Waals surface area contributed by atoms with Crippen molar-refractivity contribution in [1.29, 1.82) is 0 Å². The average molecular weight is 342 g/mol. The van der Waals surface area contributed by atoms with E-state index in [-0.39, 0.29) is 0 Å². The Labute approximate surface area is 145 Å². The van der Waals surface area contributed by atoms with Crippen molar-refractivity contribution >= 4 is 11.3 Å². The largest absolute Gasteiger partial charge is 0.293 e. The molecule has 1 aliphatic rings. The fraction of sp³-hybridized carbons (Fsp3) is 0.471. The minimum atomic E-state index is 0.544. The number of hydrogen-bond donors (Lipinski definition) is 0. The lowest BCUT2D eigenvalue weighted by molar-refractivity contribution is 0.120. The van der Waals surface area contributed by atoms with E-state index in [0.717, 1.165) is 35.9 Å². The van der Waals surface area contributed by atoms with Gasteiger partial charge < -0.3 is 0 Å². The van der Waals surface area contributed by atoms with Gasteiger partial charge in [0.15, 0.2) is 0 Å². The molecule has 0 aliphatic carbocycles. The predicted molar refractivity (Wildman–Crippen MR) is 94.6 cm³/mol. The van der Waals surface area contributed by atoms with Gasteiger partial charge in [-0.2, -0.15) is 10.2 Å². The first kappa shape index (κ1) is 15.5. The van der Waals surface area contributed by atoms with Gasteiger partial charge in [-0.05, 0) is 25.5 Å².